The number of carboxylic acid groups (broad SMARTS) is 1. The van der Waals surface area contributed by atoms with Crippen LogP contribution < -0.4 is 10.8 Å². The Labute approximate surface area is 151 Å². The van der Waals surface area contributed by atoms with E-state index in [4.69, 9.17) is 13.8 Å². The van der Waals surface area contributed by atoms with Crippen molar-refractivity contribution in [1.29, 1.82) is 0 Å². The lowest BCUT2D eigenvalue weighted by atomic mass is 10.2. The van der Waals surface area contributed by atoms with Crippen LogP contribution in [0.3, 0.4) is 0 Å². The molecule has 0 aliphatic rings. The van der Waals surface area contributed by atoms with Gasteiger partial charge in [-0.2, -0.15) is 0 Å². The van der Waals surface area contributed by atoms with Gasteiger partial charge in [-0.05, 0) is 34.6 Å². The van der Waals surface area contributed by atoms with E-state index < -0.39 is 31.3 Å². The number of aromatic nitrogens is 3. The van der Waals surface area contributed by atoms with E-state index >= 15 is 0 Å². The van der Waals surface area contributed by atoms with Crippen LogP contribution >= 0.6 is 7.60 Å². The first-order valence-electron chi connectivity index (χ1n) is 8.03. The Balaban J connectivity index is 3.01. The predicted molar refractivity (Wildman–Crippen MR) is 91.3 cm³/mol. The van der Waals surface area contributed by atoms with Crippen LogP contribution in [0.15, 0.2) is 6.20 Å². The van der Waals surface area contributed by atoms with Gasteiger partial charge < -0.3 is 24.2 Å². The van der Waals surface area contributed by atoms with Crippen molar-refractivity contribution in [2.24, 2.45) is 0 Å². The van der Waals surface area contributed by atoms with Gasteiger partial charge in [-0.25, -0.2) is 14.3 Å². The van der Waals surface area contributed by atoms with Gasteiger partial charge in [0.05, 0.1) is 26.0 Å². The van der Waals surface area contributed by atoms with Gasteiger partial charge in [0.1, 0.15) is 11.6 Å². The lowest BCUT2D eigenvalue weighted by molar-refractivity contribution is -0.139. The third kappa shape index (κ3) is 6.40. The fraction of sp³-hybridized carbons (Fsp3) is 0.714. The van der Waals surface area contributed by atoms with Crippen LogP contribution in [-0.2, 0) is 29.7 Å². The van der Waals surface area contributed by atoms with Gasteiger partial charge in [0.2, 0.25) is 0 Å². The summed E-state index contributed by atoms with van der Waals surface area (Å²) in [6, 6.07) is -1.39. The summed E-state index contributed by atoms with van der Waals surface area (Å²) < 4.78 is 29.4. The molecule has 1 rings (SSSR count). The summed E-state index contributed by atoms with van der Waals surface area (Å²) in [5.74, 6) is -1.32. The van der Waals surface area contributed by atoms with Crippen molar-refractivity contribution >= 4 is 25.1 Å². The quantitative estimate of drug-likeness (QED) is 0.592. The minimum absolute atomic E-state index is 0.00145. The predicted octanol–water partition coefficient (Wildman–Crippen LogP) is 1.15. The van der Waals surface area contributed by atoms with E-state index in [1.165, 1.54) is 6.20 Å². The van der Waals surface area contributed by atoms with Crippen LogP contribution in [0.25, 0.3) is 0 Å². The van der Waals surface area contributed by atoms with E-state index in [2.05, 4.69) is 15.6 Å². The molecule has 0 spiro atoms. The number of rotatable bonds is 9. The Morgan fingerprint density at radius 3 is 2.35 bits per heavy atom. The summed E-state index contributed by atoms with van der Waals surface area (Å²) in [6.45, 7) is 8.12. The maximum Gasteiger partial charge on any atom is 0.408 e. The number of carbonyl (C=O) groups is 2. The van der Waals surface area contributed by atoms with Crippen molar-refractivity contribution in [3.05, 3.63) is 6.20 Å². The largest absolute Gasteiger partial charge is 0.480 e. The molecule has 0 aliphatic carbocycles. The molecule has 1 heterocycles. The second-order valence-electron chi connectivity index (χ2n) is 6.14. The summed E-state index contributed by atoms with van der Waals surface area (Å²) in [5, 5.41) is 19.0. The van der Waals surface area contributed by atoms with Gasteiger partial charge in [0, 0.05) is 0 Å². The molecule has 0 fully saturated rings. The first-order valence-corrected chi connectivity index (χ1v) is 9.57. The summed E-state index contributed by atoms with van der Waals surface area (Å²) in [6.07, 6.45) is 0.280. The lowest BCUT2D eigenvalue weighted by Crippen LogP contribution is -2.47. The van der Waals surface area contributed by atoms with E-state index in [0.29, 0.717) is 0 Å². The van der Waals surface area contributed by atoms with Crippen molar-refractivity contribution in [3.63, 3.8) is 0 Å². The van der Waals surface area contributed by atoms with Crippen LogP contribution in [0.5, 0.6) is 0 Å². The number of nitrogens with one attached hydrogen (secondary N) is 1. The molecule has 0 saturated carbocycles. The van der Waals surface area contributed by atoms with Gasteiger partial charge in [0.15, 0.2) is 5.44 Å². The molecule has 1 aromatic heterocycles. The molecule has 0 aromatic carbocycles. The number of ether oxygens (including phenoxy) is 1. The number of hydrogen-bond acceptors (Lipinski definition) is 8. The highest BCUT2D eigenvalue weighted by atomic mass is 31.2. The lowest BCUT2D eigenvalue weighted by Gasteiger charge is -2.22. The van der Waals surface area contributed by atoms with E-state index in [-0.39, 0.29) is 25.2 Å². The maximum atomic E-state index is 12.9. The van der Waals surface area contributed by atoms with Crippen LogP contribution in [0, 0.1) is 0 Å². The third-order valence-electron chi connectivity index (χ3n) is 2.82. The number of aliphatic carboxylic acids is 1. The Morgan fingerprint density at radius 2 is 1.88 bits per heavy atom. The average molecular weight is 392 g/mol. The molecule has 0 aliphatic heterocycles. The summed E-state index contributed by atoms with van der Waals surface area (Å²) in [7, 11) is -3.71. The zero-order valence-electron chi connectivity index (χ0n) is 15.5. The zero-order chi connectivity index (χ0) is 20.0. The van der Waals surface area contributed by atoms with Gasteiger partial charge in [0.25, 0.3) is 0 Å². The number of hydrogen-bond donors (Lipinski definition) is 2. The molecule has 1 aromatic rings. The molecule has 0 radical (unpaired) electrons. The molecule has 0 bridgehead atoms. The fourth-order valence-corrected chi connectivity index (χ4v) is 3.53. The highest BCUT2D eigenvalue weighted by molar-refractivity contribution is 7.61. The molecule has 2 N–H and O–H groups in total. The van der Waals surface area contributed by atoms with Gasteiger partial charge in [-0.15, -0.1) is 5.10 Å². The Bertz CT molecular complexity index is 660. The Hall–Kier alpha value is -1.97. The number of amides is 1. The van der Waals surface area contributed by atoms with Gasteiger partial charge in [-0.1, -0.05) is 5.21 Å². The monoisotopic (exact) mass is 392 g/mol. The number of carbonyl (C=O) groups excluding carboxylic acids is 1. The number of carboxylic acids is 1. The minimum Gasteiger partial charge on any atom is -0.480 e. The van der Waals surface area contributed by atoms with Gasteiger partial charge >= 0.3 is 19.7 Å². The van der Waals surface area contributed by atoms with Crippen LogP contribution in [0.4, 0.5) is 4.79 Å². The van der Waals surface area contributed by atoms with Crippen molar-refractivity contribution in [3.8, 4) is 0 Å². The van der Waals surface area contributed by atoms with Crippen LogP contribution in [-0.4, -0.2) is 57.0 Å². The Morgan fingerprint density at radius 1 is 1.31 bits per heavy atom. The molecule has 1 amide bonds. The summed E-state index contributed by atoms with van der Waals surface area (Å²) >= 11 is 0. The SMILES string of the molecule is CCOP(=O)(OCC)c1cnnn1CC(NC(=O)OC(C)(C)C)C(=O)O. The normalized spacial score (nSPS) is 13.3. The second-order valence-corrected chi connectivity index (χ2v) is 8.11. The van der Waals surface area contributed by atoms with Crippen molar-refractivity contribution in [2.45, 2.75) is 52.8 Å². The van der Waals surface area contributed by atoms with Gasteiger partial charge in [-0.3, -0.25) is 4.57 Å². The van der Waals surface area contributed by atoms with E-state index in [9.17, 15) is 19.3 Å². The van der Waals surface area contributed by atoms with E-state index in [0.717, 1.165) is 4.68 Å². The average Bonchev–Trinajstić information content (AvgIpc) is 2.94. The topological polar surface area (TPSA) is 142 Å². The number of nitrogens with zero attached hydrogens (tertiary/aromatic N) is 3. The molecule has 26 heavy (non-hydrogen) atoms. The minimum atomic E-state index is -3.71. The first-order chi connectivity index (χ1) is 12.0. The summed E-state index contributed by atoms with van der Waals surface area (Å²) in [5.41, 5.74) is -0.788. The first kappa shape index (κ1) is 22.1. The van der Waals surface area contributed by atoms with Crippen molar-refractivity contribution < 1.29 is 33.0 Å². The van der Waals surface area contributed by atoms with Crippen LogP contribution in [0.2, 0.25) is 0 Å². The molecule has 1 unspecified atom stereocenters. The maximum absolute atomic E-state index is 12.9. The van der Waals surface area contributed by atoms with Crippen molar-refractivity contribution in [2.75, 3.05) is 13.2 Å². The van der Waals surface area contributed by atoms with Crippen molar-refractivity contribution in [1.82, 2.24) is 20.3 Å². The molecule has 148 valence electrons. The standard InChI is InChI=1S/C14H25N4O7P/c1-6-23-26(22,24-7-2)11-8-15-17-18(11)9-10(12(19)20)16-13(21)25-14(3,4)5/h8,10H,6-7,9H2,1-5H3,(H,16,21)(H,19,20). The van der Waals surface area contributed by atoms with E-state index in [1.807, 2.05) is 0 Å². The molecule has 0 saturated heterocycles. The molecule has 11 nitrogen and oxygen atoms in total. The zero-order valence-corrected chi connectivity index (χ0v) is 16.4. The fourth-order valence-electron chi connectivity index (χ4n) is 1.91. The molecule has 1 atom stereocenters. The van der Waals surface area contributed by atoms with Crippen LogP contribution in [0.1, 0.15) is 34.6 Å². The smallest absolute Gasteiger partial charge is 0.408 e. The second kappa shape index (κ2) is 9.11. The summed E-state index contributed by atoms with van der Waals surface area (Å²) in [4.78, 5) is 23.3. The Kier molecular flexibility index (Phi) is 7.73. The highest BCUT2D eigenvalue weighted by Crippen LogP contribution is 2.46. The molecule has 12 heteroatoms. The molecular formula is C14H25N4O7P. The third-order valence-corrected chi connectivity index (χ3v) is 4.92. The van der Waals surface area contributed by atoms with E-state index in [1.54, 1.807) is 34.6 Å². The number of alkyl carbamates (subject to hydrolysis) is 1. The molecular weight excluding hydrogens is 367 g/mol. The highest BCUT2D eigenvalue weighted by Gasteiger charge is 2.34.